The van der Waals surface area contributed by atoms with Crippen LogP contribution in [0, 0.1) is 5.92 Å². The van der Waals surface area contributed by atoms with Crippen LogP contribution in [0.4, 0.5) is 0 Å². The highest BCUT2D eigenvalue weighted by Gasteiger charge is 2.44. The molecule has 1 aliphatic carbocycles. The van der Waals surface area contributed by atoms with Crippen molar-refractivity contribution in [3.8, 4) is 5.75 Å². The number of nitrogens with zero attached hydrogens (tertiary/aromatic N) is 1. The molecule has 0 amide bonds. The minimum atomic E-state index is -1.82. The molecule has 0 aromatic heterocycles. The highest BCUT2D eigenvalue weighted by Crippen LogP contribution is 2.39. The van der Waals surface area contributed by atoms with Gasteiger partial charge in [-0.1, -0.05) is 18.2 Å². The number of benzene rings is 1. The first-order valence-corrected chi connectivity index (χ1v) is 9.47. The third-order valence-electron chi connectivity index (χ3n) is 5.63. The van der Waals surface area contributed by atoms with Crippen molar-refractivity contribution in [1.82, 2.24) is 4.90 Å². The number of carbonyl (C=O) groups is 2. The van der Waals surface area contributed by atoms with E-state index in [0.717, 1.165) is 37.6 Å². The second-order valence-electron chi connectivity index (χ2n) is 7.58. The topological polar surface area (TPSA) is 96.3 Å². The lowest BCUT2D eigenvalue weighted by Gasteiger charge is -2.43. The fourth-order valence-corrected chi connectivity index (χ4v) is 3.71. The molecule has 2 aliphatic heterocycles. The molecular weight excluding hydrogens is 350 g/mol. The summed E-state index contributed by atoms with van der Waals surface area (Å²) in [4.78, 5) is 20.8. The molecule has 4 rings (SSSR count). The Bertz CT molecular complexity index is 667. The molecule has 7 heteroatoms. The van der Waals surface area contributed by atoms with E-state index >= 15 is 0 Å². The first kappa shape index (κ1) is 19.6. The molecule has 0 bridgehead atoms. The Morgan fingerprint density at radius 1 is 1.15 bits per heavy atom. The average molecular weight is 377 g/mol. The zero-order chi connectivity index (χ0) is 19.4. The van der Waals surface area contributed by atoms with Gasteiger partial charge in [-0.25, -0.2) is 9.59 Å². The van der Waals surface area contributed by atoms with Gasteiger partial charge in [0, 0.05) is 25.2 Å². The van der Waals surface area contributed by atoms with Gasteiger partial charge in [0.2, 0.25) is 0 Å². The predicted octanol–water partition coefficient (Wildman–Crippen LogP) is 2.38. The summed E-state index contributed by atoms with van der Waals surface area (Å²) in [7, 11) is 0. The summed E-state index contributed by atoms with van der Waals surface area (Å²) in [5.74, 6) is -1.67. The van der Waals surface area contributed by atoms with Gasteiger partial charge < -0.3 is 24.6 Å². The van der Waals surface area contributed by atoms with Crippen LogP contribution in [0.3, 0.4) is 0 Å². The van der Waals surface area contributed by atoms with E-state index in [9.17, 15) is 0 Å². The van der Waals surface area contributed by atoms with Crippen LogP contribution in [-0.2, 0) is 20.9 Å². The van der Waals surface area contributed by atoms with Crippen molar-refractivity contribution in [2.24, 2.45) is 5.92 Å². The maximum Gasteiger partial charge on any atom is 0.414 e. The minimum absolute atomic E-state index is 0.0981. The first-order chi connectivity index (χ1) is 12.9. The zero-order valence-corrected chi connectivity index (χ0v) is 15.6. The molecular formula is C20H27NO6. The van der Waals surface area contributed by atoms with Crippen molar-refractivity contribution in [2.75, 3.05) is 19.6 Å². The van der Waals surface area contributed by atoms with Crippen molar-refractivity contribution in [2.45, 2.75) is 50.9 Å². The van der Waals surface area contributed by atoms with Crippen molar-refractivity contribution in [3.63, 3.8) is 0 Å². The summed E-state index contributed by atoms with van der Waals surface area (Å²) in [5.41, 5.74) is 1.08. The van der Waals surface area contributed by atoms with Gasteiger partial charge >= 0.3 is 11.9 Å². The van der Waals surface area contributed by atoms with Crippen LogP contribution in [0.5, 0.6) is 5.75 Å². The second kappa shape index (κ2) is 8.27. The number of aliphatic carboxylic acids is 2. The monoisotopic (exact) mass is 377 g/mol. The second-order valence-corrected chi connectivity index (χ2v) is 7.58. The Kier molecular flexibility index (Phi) is 6.01. The third-order valence-corrected chi connectivity index (χ3v) is 5.63. The smallest absolute Gasteiger partial charge is 0.414 e. The van der Waals surface area contributed by atoms with Gasteiger partial charge in [-0.15, -0.1) is 0 Å². The van der Waals surface area contributed by atoms with Crippen LogP contribution in [0.15, 0.2) is 24.3 Å². The van der Waals surface area contributed by atoms with Crippen LogP contribution < -0.4 is 4.74 Å². The van der Waals surface area contributed by atoms with E-state index in [0.29, 0.717) is 6.61 Å². The quantitative estimate of drug-likeness (QED) is 0.764. The molecule has 1 spiro atoms. The van der Waals surface area contributed by atoms with Crippen molar-refractivity contribution in [3.05, 3.63) is 29.8 Å². The summed E-state index contributed by atoms with van der Waals surface area (Å²) in [6, 6.07) is 8.29. The van der Waals surface area contributed by atoms with E-state index in [1.54, 1.807) is 0 Å². The standard InChI is InChI=1S/C18H25NO2.C2H2O4/c1-14-18(8-10-19(11-9-18)12-15-6-7-15)20-13-16-4-2-3-5-17(16)21-14;3-1(4)2(5)6/h2-5,14-15H,6-13H2,1H3;(H,3,4)(H,5,6). The number of para-hydroxylation sites is 1. The Morgan fingerprint density at radius 3 is 2.37 bits per heavy atom. The summed E-state index contributed by atoms with van der Waals surface area (Å²) < 4.78 is 12.6. The Labute approximate surface area is 158 Å². The summed E-state index contributed by atoms with van der Waals surface area (Å²) in [5, 5.41) is 14.8. The maximum atomic E-state index is 9.10. The number of fused-ring (bicyclic) bond motifs is 1. The number of hydrogen-bond acceptors (Lipinski definition) is 5. The van der Waals surface area contributed by atoms with E-state index in [-0.39, 0.29) is 11.7 Å². The van der Waals surface area contributed by atoms with Crippen molar-refractivity contribution < 1.29 is 29.3 Å². The van der Waals surface area contributed by atoms with E-state index in [1.807, 2.05) is 6.07 Å². The highest BCUT2D eigenvalue weighted by atomic mass is 16.6. The molecule has 2 N–H and O–H groups in total. The molecule has 1 unspecified atom stereocenters. The molecule has 1 aromatic carbocycles. The lowest BCUT2D eigenvalue weighted by atomic mass is 9.86. The van der Waals surface area contributed by atoms with Gasteiger partial charge in [0.25, 0.3) is 0 Å². The fourth-order valence-electron chi connectivity index (χ4n) is 3.71. The number of ether oxygens (including phenoxy) is 2. The SMILES string of the molecule is CC1Oc2ccccc2COC12CCN(CC1CC1)CC2.O=C(O)C(=O)O. The number of rotatable bonds is 2. The summed E-state index contributed by atoms with van der Waals surface area (Å²) in [6.45, 7) is 6.47. The van der Waals surface area contributed by atoms with Gasteiger partial charge in [-0.3, -0.25) is 0 Å². The maximum absolute atomic E-state index is 9.10. The number of carboxylic acid groups (broad SMARTS) is 2. The first-order valence-electron chi connectivity index (χ1n) is 9.47. The van der Waals surface area contributed by atoms with Crippen LogP contribution >= 0.6 is 0 Å². The average Bonchev–Trinajstić information content (AvgIpc) is 3.47. The predicted molar refractivity (Wildman–Crippen MR) is 97.7 cm³/mol. The number of hydrogen-bond donors (Lipinski definition) is 2. The molecule has 0 radical (unpaired) electrons. The third kappa shape index (κ3) is 4.99. The normalized spacial score (nSPS) is 24.0. The number of likely N-dealkylation sites (tertiary alicyclic amines) is 1. The Balaban J connectivity index is 0.000000307. The van der Waals surface area contributed by atoms with Gasteiger partial charge in [0.15, 0.2) is 0 Å². The molecule has 2 fully saturated rings. The molecule has 148 valence electrons. The van der Waals surface area contributed by atoms with Gasteiger partial charge in [0.05, 0.1) is 6.61 Å². The van der Waals surface area contributed by atoms with E-state index in [1.165, 1.54) is 24.9 Å². The highest BCUT2D eigenvalue weighted by molar-refractivity contribution is 6.27. The lowest BCUT2D eigenvalue weighted by Crippen LogP contribution is -2.53. The molecule has 7 nitrogen and oxygen atoms in total. The van der Waals surface area contributed by atoms with Crippen molar-refractivity contribution in [1.29, 1.82) is 0 Å². The summed E-state index contributed by atoms with van der Waals surface area (Å²) in [6.07, 6.45) is 5.19. The van der Waals surface area contributed by atoms with E-state index in [2.05, 4.69) is 30.0 Å². The van der Waals surface area contributed by atoms with Crippen molar-refractivity contribution >= 4 is 11.9 Å². The molecule has 1 atom stereocenters. The lowest BCUT2D eigenvalue weighted by molar-refractivity contribution is -0.159. The van der Waals surface area contributed by atoms with Gasteiger partial charge in [0.1, 0.15) is 17.5 Å². The minimum Gasteiger partial charge on any atom is -0.487 e. The van der Waals surface area contributed by atoms with E-state index in [4.69, 9.17) is 29.3 Å². The summed E-state index contributed by atoms with van der Waals surface area (Å²) >= 11 is 0. The zero-order valence-electron chi connectivity index (χ0n) is 15.6. The van der Waals surface area contributed by atoms with Gasteiger partial charge in [-0.2, -0.15) is 0 Å². The van der Waals surface area contributed by atoms with Gasteiger partial charge in [-0.05, 0) is 44.6 Å². The molecule has 1 aromatic rings. The van der Waals surface area contributed by atoms with E-state index < -0.39 is 11.9 Å². The largest absolute Gasteiger partial charge is 0.487 e. The van der Waals surface area contributed by atoms with Crippen LogP contribution in [-0.4, -0.2) is 58.4 Å². The molecule has 27 heavy (non-hydrogen) atoms. The Hall–Kier alpha value is -2.12. The van der Waals surface area contributed by atoms with Crippen LogP contribution in [0.2, 0.25) is 0 Å². The van der Waals surface area contributed by atoms with Crippen LogP contribution in [0.25, 0.3) is 0 Å². The molecule has 2 heterocycles. The number of carboxylic acids is 2. The molecule has 3 aliphatic rings. The fraction of sp³-hybridized carbons (Fsp3) is 0.600. The number of piperidine rings is 1. The molecule has 1 saturated heterocycles. The Morgan fingerprint density at radius 2 is 1.78 bits per heavy atom. The van der Waals surface area contributed by atoms with Crippen LogP contribution in [0.1, 0.15) is 38.2 Å². The molecule has 1 saturated carbocycles.